The molecule has 1 aliphatic heterocycles. The van der Waals surface area contributed by atoms with Crippen LogP contribution >= 0.6 is 0 Å². The first kappa shape index (κ1) is 12.3. The second kappa shape index (κ2) is 5.18. The topological polar surface area (TPSA) is 43.2 Å². The Morgan fingerprint density at radius 3 is 2.76 bits per heavy atom. The summed E-state index contributed by atoms with van der Waals surface area (Å²) in [6.45, 7) is 3.16. The number of aromatic nitrogens is 3. The fourth-order valence-electron chi connectivity index (χ4n) is 2.67. The predicted octanol–water partition coefficient (Wildman–Crippen LogP) is 2.26. The van der Waals surface area contributed by atoms with Crippen molar-refractivity contribution in [2.75, 3.05) is 31.2 Å². The molecule has 4 rings (SSSR count). The molecule has 0 unspecified atom stereocenters. The number of fused-ring (bicyclic) bond motifs is 1. The number of ether oxygens (including phenoxy) is 1. The zero-order valence-electron chi connectivity index (χ0n) is 11.6. The summed E-state index contributed by atoms with van der Waals surface area (Å²) >= 11 is 0. The molecule has 0 aliphatic carbocycles. The molecule has 5 nitrogen and oxygen atoms in total. The Morgan fingerprint density at radius 2 is 1.86 bits per heavy atom. The van der Waals surface area contributed by atoms with E-state index in [2.05, 4.69) is 38.8 Å². The van der Waals surface area contributed by atoms with Crippen LogP contribution in [-0.2, 0) is 4.74 Å². The molecule has 2 aromatic heterocycles. The van der Waals surface area contributed by atoms with E-state index in [1.165, 1.54) is 5.39 Å². The summed E-state index contributed by atoms with van der Waals surface area (Å²) in [6.07, 6.45) is 3.87. The SMILES string of the molecule is c1ccc2c(c1)ccn2-c1ccnc(N2CCOCC2)n1. The lowest BCUT2D eigenvalue weighted by atomic mass is 10.2. The van der Waals surface area contributed by atoms with Crippen molar-refractivity contribution in [2.24, 2.45) is 0 Å². The maximum atomic E-state index is 5.38. The number of morpholine rings is 1. The lowest BCUT2D eigenvalue weighted by Gasteiger charge is -2.26. The number of para-hydroxylation sites is 1. The molecule has 0 bridgehead atoms. The van der Waals surface area contributed by atoms with E-state index in [-0.39, 0.29) is 0 Å². The molecule has 0 saturated carbocycles. The van der Waals surface area contributed by atoms with E-state index in [1.54, 1.807) is 0 Å². The summed E-state index contributed by atoms with van der Waals surface area (Å²) in [5.41, 5.74) is 1.16. The molecule has 106 valence electrons. The Labute approximate surface area is 122 Å². The molecule has 21 heavy (non-hydrogen) atoms. The highest BCUT2D eigenvalue weighted by molar-refractivity contribution is 5.81. The number of hydrogen-bond donors (Lipinski definition) is 0. The van der Waals surface area contributed by atoms with Crippen LogP contribution in [0.4, 0.5) is 5.95 Å². The summed E-state index contributed by atoms with van der Waals surface area (Å²) in [7, 11) is 0. The van der Waals surface area contributed by atoms with Crippen LogP contribution in [-0.4, -0.2) is 40.8 Å². The van der Waals surface area contributed by atoms with Crippen LogP contribution in [0, 0.1) is 0 Å². The third kappa shape index (κ3) is 2.25. The average molecular weight is 280 g/mol. The molecule has 1 aromatic carbocycles. The smallest absolute Gasteiger partial charge is 0.227 e. The summed E-state index contributed by atoms with van der Waals surface area (Å²) in [5.74, 6) is 1.67. The molecule has 5 heteroatoms. The van der Waals surface area contributed by atoms with Crippen molar-refractivity contribution >= 4 is 16.9 Å². The van der Waals surface area contributed by atoms with Crippen molar-refractivity contribution in [1.82, 2.24) is 14.5 Å². The van der Waals surface area contributed by atoms with E-state index in [9.17, 15) is 0 Å². The molecule has 0 radical (unpaired) electrons. The largest absolute Gasteiger partial charge is 0.378 e. The van der Waals surface area contributed by atoms with E-state index < -0.39 is 0 Å². The summed E-state index contributed by atoms with van der Waals surface area (Å²) < 4.78 is 7.48. The monoisotopic (exact) mass is 280 g/mol. The van der Waals surface area contributed by atoms with Crippen molar-refractivity contribution in [3.05, 3.63) is 48.8 Å². The van der Waals surface area contributed by atoms with E-state index in [4.69, 9.17) is 9.72 Å². The Hall–Kier alpha value is -2.40. The molecular weight excluding hydrogens is 264 g/mol. The highest BCUT2D eigenvalue weighted by Gasteiger charge is 2.14. The van der Waals surface area contributed by atoms with E-state index in [0.29, 0.717) is 0 Å². The molecule has 3 heterocycles. The third-order valence-corrected chi connectivity index (χ3v) is 3.77. The lowest BCUT2D eigenvalue weighted by molar-refractivity contribution is 0.122. The molecule has 0 N–H and O–H groups in total. The second-order valence-corrected chi connectivity index (χ2v) is 5.06. The zero-order chi connectivity index (χ0) is 14.1. The van der Waals surface area contributed by atoms with Gasteiger partial charge in [0.05, 0.1) is 18.7 Å². The Bertz CT molecular complexity index is 762. The molecule has 1 fully saturated rings. The van der Waals surface area contributed by atoms with Crippen LogP contribution < -0.4 is 4.90 Å². The van der Waals surface area contributed by atoms with Crippen LogP contribution in [0.2, 0.25) is 0 Å². The van der Waals surface area contributed by atoms with Gasteiger partial charge in [-0.15, -0.1) is 0 Å². The minimum atomic E-state index is 0.736. The molecule has 0 atom stereocenters. The minimum absolute atomic E-state index is 0.736. The summed E-state index contributed by atoms with van der Waals surface area (Å²) in [4.78, 5) is 11.3. The minimum Gasteiger partial charge on any atom is -0.378 e. The Morgan fingerprint density at radius 1 is 1.00 bits per heavy atom. The van der Waals surface area contributed by atoms with Crippen LogP contribution in [0.25, 0.3) is 16.7 Å². The first-order valence-electron chi connectivity index (χ1n) is 7.14. The van der Waals surface area contributed by atoms with Crippen molar-refractivity contribution in [3.8, 4) is 5.82 Å². The highest BCUT2D eigenvalue weighted by atomic mass is 16.5. The molecular formula is C16H16N4O. The van der Waals surface area contributed by atoms with Crippen molar-refractivity contribution in [3.63, 3.8) is 0 Å². The van der Waals surface area contributed by atoms with Gasteiger partial charge in [0, 0.05) is 25.5 Å². The molecule has 0 spiro atoms. The van der Waals surface area contributed by atoms with Gasteiger partial charge in [-0.3, -0.25) is 0 Å². The Kier molecular flexibility index (Phi) is 3.05. The maximum absolute atomic E-state index is 5.38. The lowest BCUT2D eigenvalue weighted by Crippen LogP contribution is -2.37. The fraction of sp³-hybridized carbons (Fsp3) is 0.250. The zero-order valence-corrected chi connectivity index (χ0v) is 11.6. The van der Waals surface area contributed by atoms with Crippen LogP contribution in [0.1, 0.15) is 0 Å². The number of benzene rings is 1. The van der Waals surface area contributed by atoms with Crippen LogP contribution in [0.3, 0.4) is 0 Å². The van der Waals surface area contributed by atoms with Gasteiger partial charge in [-0.1, -0.05) is 18.2 Å². The number of hydrogen-bond acceptors (Lipinski definition) is 4. The quantitative estimate of drug-likeness (QED) is 0.722. The van der Waals surface area contributed by atoms with E-state index in [1.807, 2.05) is 24.4 Å². The predicted molar refractivity (Wildman–Crippen MR) is 81.9 cm³/mol. The maximum Gasteiger partial charge on any atom is 0.227 e. The molecule has 1 aliphatic rings. The van der Waals surface area contributed by atoms with Gasteiger partial charge >= 0.3 is 0 Å². The molecule has 1 saturated heterocycles. The number of anilines is 1. The van der Waals surface area contributed by atoms with E-state index >= 15 is 0 Å². The van der Waals surface area contributed by atoms with Crippen molar-refractivity contribution < 1.29 is 4.74 Å². The summed E-state index contributed by atoms with van der Waals surface area (Å²) in [5, 5.41) is 1.21. The molecule has 0 amide bonds. The first-order valence-corrected chi connectivity index (χ1v) is 7.14. The van der Waals surface area contributed by atoms with Gasteiger partial charge in [-0.05, 0) is 23.6 Å². The normalized spacial score (nSPS) is 15.5. The fourth-order valence-corrected chi connectivity index (χ4v) is 2.67. The second-order valence-electron chi connectivity index (χ2n) is 5.06. The van der Waals surface area contributed by atoms with Crippen LogP contribution in [0.5, 0.6) is 0 Å². The van der Waals surface area contributed by atoms with E-state index in [0.717, 1.165) is 43.6 Å². The molecule has 3 aromatic rings. The van der Waals surface area contributed by atoms with Crippen LogP contribution in [0.15, 0.2) is 48.8 Å². The van der Waals surface area contributed by atoms with Gasteiger partial charge in [0.25, 0.3) is 0 Å². The summed E-state index contributed by atoms with van der Waals surface area (Å²) in [6, 6.07) is 12.3. The first-order chi connectivity index (χ1) is 10.4. The highest BCUT2D eigenvalue weighted by Crippen LogP contribution is 2.20. The van der Waals surface area contributed by atoms with Crippen molar-refractivity contribution in [2.45, 2.75) is 0 Å². The van der Waals surface area contributed by atoms with Crippen molar-refractivity contribution in [1.29, 1.82) is 0 Å². The number of nitrogens with zero attached hydrogens (tertiary/aromatic N) is 4. The van der Waals surface area contributed by atoms with Gasteiger partial charge in [0.15, 0.2) is 0 Å². The number of rotatable bonds is 2. The Balaban J connectivity index is 1.75. The van der Waals surface area contributed by atoms with Gasteiger partial charge < -0.3 is 14.2 Å². The van der Waals surface area contributed by atoms with Gasteiger partial charge in [0.1, 0.15) is 5.82 Å². The average Bonchev–Trinajstić information content (AvgIpc) is 3.00. The van der Waals surface area contributed by atoms with Gasteiger partial charge in [-0.25, -0.2) is 4.98 Å². The third-order valence-electron chi connectivity index (χ3n) is 3.77. The van der Waals surface area contributed by atoms with Gasteiger partial charge in [0.2, 0.25) is 5.95 Å². The van der Waals surface area contributed by atoms with Gasteiger partial charge in [-0.2, -0.15) is 4.98 Å². The standard InChI is InChI=1S/C16H16N4O/c1-2-4-14-13(3-1)6-8-20(14)15-5-7-17-16(18-15)19-9-11-21-12-10-19/h1-8H,9-12H2.